The van der Waals surface area contributed by atoms with Crippen molar-refractivity contribution in [2.45, 2.75) is 285 Å². The van der Waals surface area contributed by atoms with Crippen molar-refractivity contribution in [3.8, 4) is 0 Å². The second kappa shape index (κ2) is 44.0. The van der Waals surface area contributed by atoms with Crippen LogP contribution in [0.1, 0.15) is 279 Å². The van der Waals surface area contributed by atoms with Crippen molar-refractivity contribution in [3.63, 3.8) is 0 Å². The Morgan fingerprint density at radius 2 is 0.579 bits per heavy atom. The summed E-state index contributed by atoms with van der Waals surface area (Å²) >= 11 is 0. The van der Waals surface area contributed by atoms with Crippen LogP contribution in [-0.2, 0) is 28.6 Å². The van der Waals surface area contributed by atoms with E-state index in [1.165, 1.54) is 167 Å². The molecule has 0 bridgehead atoms. The van der Waals surface area contributed by atoms with Gasteiger partial charge in [0.2, 0.25) is 0 Å². The van der Waals surface area contributed by atoms with Gasteiger partial charge in [-0.05, 0) is 31.1 Å². The van der Waals surface area contributed by atoms with Gasteiger partial charge in [-0.2, -0.15) is 0 Å². The average Bonchev–Trinajstić information content (AvgIpc) is 3.18. The second-order valence-electron chi connectivity index (χ2n) is 18.4. The fraction of sp³-hybridized carbons (Fsp3) is 0.941. The lowest BCUT2D eigenvalue weighted by Crippen LogP contribution is -2.30. The van der Waals surface area contributed by atoms with E-state index < -0.39 is 6.10 Å². The van der Waals surface area contributed by atoms with Crippen LogP contribution in [0.25, 0.3) is 0 Å². The number of esters is 3. The Kier molecular flexibility index (Phi) is 42.7. The molecular weight excluding hydrogens is 709 g/mol. The Bertz CT molecular complexity index is 870. The highest BCUT2D eigenvalue weighted by Gasteiger charge is 2.19. The van der Waals surface area contributed by atoms with Gasteiger partial charge in [0.05, 0.1) is 0 Å². The first kappa shape index (κ1) is 55.4. The maximum Gasteiger partial charge on any atom is 0.306 e. The molecule has 0 aliphatic carbocycles. The smallest absolute Gasteiger partial charge is 0.306 e. The first-order valence-electron chi connectivity index (χ1n) is 25.2. The van der Waals surface area contributed by atoms with E-state index in [-0.39, 0.29) is 31.1 Å². The van der Waals surface area contributed by atoms with Crippen molar-refractivity contribution in [1.29, 1.82) is 0 Å². The van der Waals surface area contributed by atoms with E-state index in [0.717, 1.165) is 69.6 Å². The summed E-state index contributed by atoms with van der Waals surface area (Å²) in [5, 5.41) is 0. The van der Waals surface area contributed by atoms with Crippen LogP contribution in [0.15, 0.2) is 0 Å². The van der Waals surface area contributed by atoms with E-state index in [4.69, 9.17) is 14.2 Å². The molecule has 0 fully saturated rings. The minimum atomic E-state index is -0.761. The van der Waals surface area contributed by atoms with E-state index in [0.29, 0.717) is 19.3 Å². The van der Waals surface area contributed by atoms with Gasteiger partial charge in [-0.1, -0.05) is 240 Å². The monoisotopic (exact) mass is 807 g/mol. The van der Waals surface area contributed by atoms with Gasteiger partial charge in [-0.15, -0.1) is 0 Å². The zero-order chi connectivity index (χ0) is 41.9. The van der Waals surface area contributed by atoms with Gasteiger partial charge < -0.3 is 14.2 Å². The fourth-order valence-electron chi connectivity index (χ4n) is 7.64. The highest BCUT2D eigenvalue weighted by molar-refractivity contribution is 5.71. The quantitative estimate of drug-likeness (QED) is 0.0346. The van der Waals surface area contributed by atoms with Gasteiger partial charge in [0, 0.05) is 19.3 Å². The molecule has 0 aromatic rings. The first-order chi connectivity index (χ1) is 27.7. The summed E-state index contributed by atoms with van der Waals surface area (Å²) in [4.78, 5) is 37.9. The molecule has 6 heteroatoms. The molecule has 0 aromatic heterocycles. The summed E-state index contributed by atoms with van der Waals surface area (Å²) in [6, 6.07) is 0. The highest BCUT2D eigenvalue weighted by Crippen LogP contribution is 2.17. The Hall–Kier alpha value is -1.59. The van der Waals surface area contributed by atoms with Crippen LogP contribution < -0.4 is 0 Å². The van der Waals surface area contributed by atoms with Crippen molar-refractivity contribution in [2.75, 3.05) is 13.2 Å². The normalized spacial score (nSPS) is 12.1. The van der Waals surface area contributed by atoms with Crippen molar-refractivity contribution >= 4 is 17.9 Å². The third-order valence-electron chi connectivity index (χ3n) is 11.5. The summed E-state index contributed by atoms with van der Waals surface area (Å²) in [6.45, 7) is 11.3. The molecule has 0 unspecified atom stereocenters. The Balaban J connectivity index is 4.31. The van der Waals surface area contributed by atoms with Crippen LogP contribution in [0.2, 0.25) is 0 Å². The average molecular weight is 807 g/mol. The third-order valence-corrected chi connectivity index (χ3v) is 11.5. The number of rotatable bonds is 45. The van der Waals surface area contributed by atoms with Crippen molar-refractivity contribution in [3.05, 3.63) is 0 Å². The van der Waals surface area contributed by atoms with Crippen LogP contribution in [0, 0.1) is 11.8 Å². The predicted octanol–water partition coefficient (Wildman–Crippen LogP) is 16.1. The molecule has 57 heavy (non-hydrogen) atoms. The molecule has 0 N–H and O–H groups in total. The van der Waals surface area contributed by atoms with E-state index in [1.54, 1.807) is 0 Å². The number of hydrogen-bond acceptors (Lipinski definition) is 6. The molecule has 0 aliphatic rings. The maximum absolute atomic E-state index is 12.8. The lowest BCUT2D eigenvalue weighted by molar-refractivity contribution is -0.167. The molecule has 0 radical (unpaired) electrons. The second-order valence-corrected chi connectivity index (χ2v) is 18.4. The van der Waals surface area contributed by atoms with Gasteiger partial charge in [0.1, 0.15) is 13.2 Å². The predicted molar refractivity (Wildman–Crippen MR) is 243 cm³/mol. The molecule has 338 valence electrons. The van der Waals surface area contributed by atoms with Gasteiger partial charge in [0.25, 0.3) is 0 Å². The molecule has 0 heterocycles. The molecule has 1 atom stereocenters. The zero-order valence-electron chi connectivity index (χ0n) is 39.0. The summed E-state index contributed by atoms with van der Waals surface area (Å²) in [6.07, 6.45) is 43.8. The molecule has 0 saturated heterocycles. The molecule has 6 nitrogen and oxygen atoms in total. The Morgan fingerprint density at radius 1 is 0.333 bits per heavy atom. The molecule has 0 aliphatic heterocycles. The van der Waals surface area contributed by atoms with Crippen molar-refractivity contribution < 1.29 is 28.6 Å². The van der Waals surface area contributed by atoms with Gasteiger partial charge in [-0.3, -0.25) is 14.4 Å². The largest absolute Gasteiger partial charge is 0.462 e. The highest BCUT2D eigenvalue weighted by atomic mass is 16.6. The van der Waals surface area contributed by atoms with E-state index in [1.807, 2.05) is 0 Å². The minimum absolute atomic E-state index is 0.0643. The summed E-state index contributed by atoms with van der Waals surface area (Å²) < 4.78 is 16.8. The number of carbonyl (C=O) groups is 3. The third kappa shape index (κ3) is 45.3. The van der Waals surface area contributed by atoms with Gasteiger partial charge in [-0.25, -0.2) is 0 Å². The Morgan fingerprint density at radius 3 is 0.860 bits per heavy atom. The molecule has 0 saturated carbocycles. The SMILES string of the molecule is CCCCCCCCCCCCCCCCCC(=O)OC[C@@H](COC(=O)CCCCCCCCCCC(C)C)OC(=O)CCCCCCCCCCCCC(C)C. The lowest BCUT2D eigenvalue weighted by Gasteiger charge is -2.18. The van der Waals surface area contributed by atoms with Crippen LogP contribution >= 0.6 is 0 Å². The van der Waals surface area contributed by atoms with Crippen LogP contribution in [-0.4, -0.2) is 37.2 Å². The molecule has 0 rings (SSSR count). The lowest BCUT2D eigenvalue weighted by atomic mass is 10.0. The molecule has 0 spiro atoms. The molecule has 0 aromatic carbocycles. The number of carbonyl (C=O) groups excluding carboxylic acids is 3. The van der Waals surface area contributed by atoms with Crippen LogP contribution in [0.5, 0.6) is 0 Å². The van der Waals surface area contributed by atoms with E-state index in [2.05, 4.69) is 34.6 Å². The zero-order valence-corrected chi connectivity index (χ0v) is 39.0. The van der Waals surface area contributed by atoms with Crippen molar-refractivity contribution in [1.82, 2.24) is 0 Å². The topological polar surface area (TPSA) is 78.9 Å². The van der Waals surface area contributed by atoms with E-state index in [9.17, 15) is 14.4 Å². The van der Waals surface area contributed by atoms with Gasteiger partial charge in [0.15, 0.2) is 6.10 Å². The Labute approximate surface area is 355 Å². The standard InChI is InChI=1S/C51H98O6/c1-6-7-8-9-10-11-12-13-14-15-16-20-26-31-36-41-49(52)55-44-48(45-56-50(53)42-37-32-27-23-22-25-30-35-40-47(4)5)57-51(54)43-38-33-28-21-18-17-19-24-29-34-39-46(2)3/h46-48H,6-45H2,1-5H3/t48-/m0/s1. The maximum atomic E-state index is 12.8. The molecular formula is C51H98O6. The van der Waals surface area contributed by atoms with E-state index >= 15 is 0 Å². The van der Waals surface area contributed by atoms with Crippen LogP contribution in [0.3, 0.4) is 0 Å². The molecule has 0 amide bonds. The van der Waals surface area contributed by atoms with Crippen molar-refractivity contribution in [2.24, 2.45) is 11.8 Å². The number of hydrogen-bond donors (Lipinski definition) is 0. The van der Waals surface area contributed by atoms with Crippen LogP contribution in [0.4, 0.5) is 0 Å². The summed E-state index contributed by atoms with van der Waals surface area (Å²) in [5.41, 5.74) is 0. The summed E-state index contributed by atoms with van der Waals surface area (Å²) in [5.74, 6) is 0.761. The van der Waals surface area contributed by atoms with Gasteiger partial charge >= 0.3 is 17.9 Å². The fourth-order valence-corrected chi connectivity index (χ4v) is 7.64. The first-order valence-corrected chi connectivity index (χ1v) is 25.2. The summed E-state index contributed by atoms with van der Waals surface area (Å²) in [7, 11) is 0. The number of ether oxygens (including phenoxy) is 3. The number of unbranched alkanes of at least 4 members (excludes halogenated alkanes) is 30. The minimum Gasteiger partial charge on any atom is -0.462 e.